The van der Waals surface area contributed by atoms with Gasteiger partial charge in [0.2, 0.25) is 5.88 Å². The molecular weight excluding hydrogens is 313 g/mol. The fourth-order valence-electron chi connectivity index (χ4n) is 2.11. The first kappa shape index (κ1) is 14.3. The van der Waals surface area contributed by atoms with E-state index in [1.165, 1.54) is 6.07 Å². The number of imidazole rings is 1. The zero-order chi connectivity index (χ0) is 14.8. The Morgan fingerprint density at radius 1 is 1.43 bits per heavy atom. The van der Waals surface area contributed by atoms with E-state index in [-0.39, 0.29) is 5.02 Å². The maximum atomic E-state index is 13.1. The van der Waals surface area contributed by atoms with E-state index < -0.39 is 5.82 Å². The highest BCUT2D eigenvalue weighted by atomic mass is 35.5. The third-order valence-corrected chi connectivity index (χ3v) is 4.17. The summed E-state index contributed by atoms with van der Waals surface area (Å²) in [6.45, 7) is 1.18. The number of rotatable bonds is 5. The molecule has 3 rings (SSSR count). The second-order valence-electron chi connectivity index (χ2n) is 4.48. The van der Waals surface area contributed by atoms with Crippen molar-refractivity contribution in [3.8, 4) is 5.88 Å². The molecule has 0 aliphatic rings. The lowest BCUT2D eigenvalue weighted by Crippen LogP contribution is -2.14. The van der Waals surface area contributed by atoms with Crippen LogP contribution in [0.3, 0.4) is 0 Å². The molecule has 0 amide bonds. The Balaban J connectivity index is 1.71. The van der Waals surface area contributed by atoms with Crippen molar-refractivity contribution in [1.29, 1.82) is 0 Å². The van der Waals surface area contributed by atoms with Crippen LogP contribution in [0, 0.1) is 5.82 Å². The third-order valence-electron chi connectivity index (χ3n) is 3.12. The van der Waals surface area contributed by atoms with Gasteiger partial charge in [-0.2, -0.15) is 4.98 Å². The summed E-state index contributed by atoms with van der Waals surface area (Å²) in [5.74, 6) is 0.212. The first-order chi connectivity index (χ1) is 10.2. The molecule has 0 aliphatic carbocycles. The van der Waals surface area contributed by atoms with Gasteiger partial charge in [-0.25, -0.2) is 4.39 Å². The molecule has 21 heavy (non-hydrogen) atoms. The molecule has 0 aliphatic heterocycles. The van der Waals surface area contributed by atoms with E-state index in [0.717, 1.165) is 16.2 Å². The fourth-order valence-corrected chi connectivity index (χ4v) is 3.04. The summed E-state index contributed by atoms with van der Waals surface area (Å²) in [6.07, 6.45) is 1.96. The Morgan fingerprint density at radius 3 is 3.05 bits per heavy atom. The SMILES string of the molecule is COc1nc2sccn2c1CNCc1ccc(F)c(Cl)c1. The molecule has 1 N–H and O–H groups in total. The molecule has 110 valence electrons. The summed E-state index contributed by atoms with van der Waals surface area (Å²) in [6, 6.07) is 4.70. The molecule has 4 nitrogen and oxygen atoms in total. The Hall–Kier alpha value is -1.63. The van der Waals surface area contributed by atoms with E-state index in [9.17, 15) is 4.39 Å². The predicted molar refractivity (Wildman–Crippen MR) is 81.6 cm³/mol. The summed E-state index contributed by atoms with van der Waals surface area (Å²) >= 11 is 7.32. The average Bonchev–Trinajstić information content (AvgIpc) is 3.04. The van der Waals surface area contributed by atoms with Crippen LogP contribution in [0.2, 0.25) is 5.02 Å². The molecule has 7 heteroatoms. The molecular formula is C14H13ClFN3OS. The van der Waals surface area contributed by atoms with Crippen LogP contribution in [0.25, 0.3) is 4.96 Å². The first-order valence-electron chi connectivity index (χ1n) is 6.32. The quantitative estimate of drug-likeness (QED) is 0.780. The molecule has 1 aromatic carbocycles. The van der Waals surface area contributed by atoms with Crippen LogP contribution in [0.5, 0.6) is 5.88 Å². The lowest BCUT2D eigenvalue weighted by molar-refractivity contribution is 0.393. The van der Waals surface area contributed by atoms with E-state index in [1.807, 2.05) is 16.0 Å². The molecule has 2 heterocycles. The van der Waals surface area contributed by atoms with Crippen molar-refractivity contribution in [2.75, 3.05) is 7.11 Å². The van der Waals surface area contributed by atoms with Gasteiger partial charge in [-0.15, -0.1) is 11.3 Å². The second-order valence-corrected chi connectivity index (χ2v) is 5.76. The number of nitrogens with zero attached hydrogens (tertiary/aromatic N) is 2. The molecule has 0 spiro atoms. The van der Waals surface area contributed by atoms with Crippen molar-refractivity contribution in [1.82, 2.24) is 14.7 Å². The fraction of sp³-hybridized carbons (Fsp3) is 0.214. The van der Waals surface area contributed by atoms with Crippen molar-refractivity contribution >= 4 is 27.9 Å². The largest absolute Gasteiger partial charge is 0.480 e. The van der Waals surface area contributed by atoms with Crippen LogP contribution in [-0.2, 0) is 13.1 Å². The Bertz CT molecular complexity index is 771. The second kappa shape index (κ2) is 6.01. The minimum Gasteiger partial charge on any atom is -0.480 e. The average molecular weight is 326 g/mol. The van der Waals surface area contributed by atoms with Crippen LogP contribution in [0.4, 0.5) is 4.39 Å². The maximum absolute atomic E-state index is 13.1. The van der Waals surface area contributed by atoms with Crippen molar-refractivity contribution in [2.24, 2.45) is 0 Å². The van der Waals surface area contributed by atoms with Gasteiger partial charge in [0.25, 0.3) is 0 Å². The highest BCUT2D eigenvalue weighted by molar-refractivity contribution is 7.15. The van der Waals surface area contributed by atoms with Crippen LogP contribution < -0.4 is 10.1 Å². The molecule has 2 aromatic heterocycles. The highest BCUT2D eigenvalue weighted by Gasteiger charge is 2.13. The Kier molecular flexibility index (Phi) is 4.10. The first-order valence-corrected chi connectivity index (χ1v) is 7.58. The van der Waals surface area contributed by atoms with E-state index >= 15 is 0 Å². The summed E-state index contributed by atoms with van der Waals surface area (Å²) in [7, 11) is 1.61. The van der Waals surface area contributed by atoms with Crippen molar-refractivity contribution in [2.45, 2.75) is 13.1 Å². The van der Waals surface area contributed by atoms with Crippen molar-refractivity contribution in [3.63, 3.8) is 0 Å². The lowest BCUT2D eigenvalue weighted by atomic mass is 10.2. The van der Waals surface area contributed by atoms with Crippen LogP contribution in [0.1, 0.15) is 11.3 Å². The highest BCUT2D eigenvalue weighted by Crippen LogP contribution is 2.23. The zero-order valence-corrected chi connectivity index (χ0v) is 12.8. The number of thiazole rings is 1. The number of ether oxygens (including phenoxy) is 1. The van der Waals surface area contributed by atoms with Gasteiger partial charge in [-0.3, -0.25) is 4.40 Å². The van der Waals surface area contributed by atoms with Crippen LogP contribution in [0.15, 0.2) is 29.8 Å². The van der Waals surface area contributed by atoms with Gasteiger partial charge in [0.15, 0.2) is 4.96 Å². The van der Waals surface area contributed by atoms with Gasteiger partial charge in [-0.1, -0.05) is 17.7 Å². The standard InChI is InChI=1S/C14H13ClFN3OS/c1-20-13-12(19-4-5-21-14(19)18-13)8-17-7-9-2-3-11(16)10(15)6-9/h2-6,17H,7-8H2,1H3. The molecule has 0 saturated heterocycles. The number of hydrogen-bond acceptors (Lipinski definition) is 4. The molecule has 0 radical (unpaired) electrons. The van der Waals surface area contributed by atoms with Gasteiger partial charge >= 0.3 is 0 Å². The lowest BCUT2D eigenvalue weighted by Gasteiger charge is -2.06. The van der Waals surface area contributed by atoms with Gasteiger partial charge in [0.05, 0.1) is 12.1 Å². The minimum absolute atomic E-state index is 0.136. The van der Waals surface area contributed by atoms with Crippen molar-refractivity contribution in [3.05, 3.63) is 51.9 Å². The number of nitrogens with one attached hydrogen (secondary N) is 1. The third kappa shape index (κ3) is 2.88. The summed E-state index contributed by atoms with van der Waals surface area (Å²) < 4.78 is 20.4. The van der Waals surface area contributed by atoms with Gasteiger partial charge in [0, 0.05) is 24.7 Å². The number of hydrogen-bond donors (Lipinski definition) is 1. The number of fused-ring (bicyclic) bond motifs is 1. The zero-order valence-electron chi connectivity index (χ0n) is 11.3. The topological polar surface area (TPSA) is 38.6 Å². The molecule has 0 fully saturated rings. The van der Waals surface area contributed by atoms with E-state index in [4.69, 9.17) is 16.3 Å². The van der Waals surface area contributed by atoms with Gasteiger partial charge < -0.3 is 10.1 Å². The van der Waals surface area contributed by atoms with Crippen molar-refractivity contribution < 1.29 is 9.13 Å². The van der Waals surface area contributed by atoms with Gasteiger partial charge in [-0.05, 0) is 17.7 Å². The van der Waals surface area contributed by atoms with Crippen LogP contribution >= 0.6 is 22.9 Å². The molecule has 0 bridgehead atoms. The Labute approximate surface area is 130 Å². The number of methoxy groups -OCH3 is 1. The monoisotopic (exact) mass is 325 g/mol. The summed E-state index contributed by atoms with van der Waals surface area (Å²) in [4.78, 5) is 5.29. The minimum atomic E-state index is -0.405. The summed E-state index contributed by atoms with van der Waals surface area (Å²) in [5, 5.41) is 5.40. The smallest absolute Gasteiger partial charge is 0.237 e. The predicted octanol–water partition coefficient (Wildman–Crippen LogP) is 3.49. The van der Waals surface area contributed by atoms with Gasteiger partial charge in [0.1, 0.15) is 11.5 Å². The number of halogens is 2. The molecule has 0 atom stereocenters. The van der Waals surface area contributed by atoms with E-state index in [2.05, 4.69) is 10.3 Å². The number of aromatic nitrogens is 2. The Morgan fingerprint density at radius 2 is 2.29 bits per heavy atom. The maximum Gasteiger partial charge on any atom is 0.237 e. The number of benzene rings is 1. The molecule has 0 unspecified atom stereocenters. The van der Waals surface area contributed by atoms with Crippen LogP contribution in [-0.4, -0.2) is 16.5 Å². The summed E-state index contributed by atoms with van der Waals surface area (Å²) in [5.41, 5.74) is 1.88. The molecule has 0 saturated carbocycles. The van der Waals surface area contributed by atoms with E-state index in [0.29, 0.717) is 19.0 Å². The van der Waals surface area contributed by atoms with E-state index in [1.54, 1.807) is 30.6 Å². The normalized spacial score (nSPS) is 11.2. The molecule has 3 aromatic rings.